The maximum absolute atomic E-state index is 13.4. The molecule has 0 unspecified atom stereocenters. The molecule has 2 rings (SSSR count). The van der Waals surface area contributed by atoms with Crippen molar-refractivity contribution in [3.8, 4) is 11.5 Å². The molecule has 0 bridgehead atoms. The molecule has 3 N–H and O–H groups in total. The van der Waals surface area contributed by atoms with Crippen LogP contribution in [0.2, 0.25) is 0 Å². The second-order valence-corrected chi connectivity index (χ2v) is 7.38. The average Bonchev–Trinajstić information content (AvgIpc) is 2.71. The van der Waals surface area contributed by atoms with Crippen molar-refractivity contribution in [2.45, 2.75) is 40.2 Å². The zero-order chi connectivity index (χ0) is 22.4. The fourth-order valence-electron chi connectivity index (χ4n) is 3.14. The fourth-order valence-corrected chi connectivity index (χ4v) is 3.14. The van der Waals surface area contributed by atoms with E-state index in [2.05, 4.69) is 4.98 Å². The summed E-state index contributed by atoms with van der Waals surface area (Å²) in [6.07, 6.45) is 1.56. The normalized spacial score (nSPS) is 10.9. The quantitative estimate of drug-likeness (QED) is 0.644. The van der Waals surface area contributed by atoms with Crippen LogP contribution >= 0.6 is 0 Å². The van der Waals surface area contributed by atoms with E-state index in [9.17, 15) is 14.4 Å². The van der Waals surface area contributed by atoms with Gasteiger partial charge in [-0.1, -0.05) is 27.2 Å². The second kappa shape index (κ2) is 10.00. The number of unbranched alkanes of at least 4 members (excludes halogenated alkanes) is 1. The summed E-state index contributed by atoms with van der Waals surface area (Å²) < 4.78 is 11.8. The third kappa shape index (κ3) is 4.84. The third-order valence-electron chi connectivity index (χ3n) is 4.64. The molecular formula is C21H30N4O5. The van der Waals surface area contributed by atoms with Crippen molar-refractivity contribution >= 4 is 17.4 Å². The molecule has 1 heterocycles. The van der Waals surface area contributed by atoms with Gasteiger partial charge >= 0.3 is 5.69 Å². The predicted octanol–water partition coefficient (Wildman–Crippen LogP) is 2.24. The number of hydrogen-bond donors (Lipinski definition) is 2. The van der Waals surface area contributed by atoms with Crippen molar-refractivity contribution in [1.29, 1.82) is 0 Å². The van der Waals surface area contributed by atoms with Gasteiger partial charge in [0, 0.05) is 18.7 Å². The Bertz CT molecular complexity index is 1010. The summed E-state index contributed by atoms with van der Waals surface area (Å²) in [4.78, 5) is 41.9. The number of nitrogens with one attached hydrogen (secondary N) is 1. The molecule has 1 aromatic heterocycles. The van der Waals surface area contributed by atoms with Crippen LogP contribution in [0, 0.1) is 5.92 Å². The van der Waals surface area contributed by atoms with Gasteiger partial charge in [0.05, 0.1) is 14.2 Å². The minimum absolute atomic E-state index is 0.0216. The summed E-state index contributed by atoms with van der Waals surface area (Å²) in [5.41, 5.74) is 5.22. The summed E-state index contributed by atoms with van der Waals surface area (Å²) in [5, 5.41) is 0. The number of H-pyrrole nitrogens is 1. The van der Waals surface area contributed by atoms with Gasteiger partial charge in [0.1, 0.15) is 5.82 Å². The standard InChI is InChI=1S/C21H30N4O5/c1-6-7-10-24-18(22)17(19(26)23-21(24)28)25(12-13(2)3)20(27)14-8-9-15(29-4)16(11-14)30-5/h8-9,11,13H,6-7,10,12,22H2,1-5H3,(H,23,26,28). The molecule has 1 amide bonds. The lowest BCUT2D eigenvalue weighted by molar-refractivity contribution is 0.0983. The largest absolute Gasteiger partial charge is 0.493 e. The van der Waals surface area contributed by atoms with E-state index in [-0.39, 0.29) is 24.0 Å². The lowest BCUT2D eigenvalue weighted by Crippen LogP contribution is -2.42. The van der Waals surface area contributed by atoms with Crippen molar-refractivity contribution in [2.75, 3.05) is 31.4 Å². The molecule has 1 aromatic carbocycles. The Labute approximate surface area is 175 Å². The molecule has 0 radical (unpaired) electrons. The Morgan fingerprint density at radius 2 is 1.87 bits per heavy atom. The predicted molar refractivity (Wildman–Crippen MR) is 117 cm³/mol. The highest BCUT2D eigenvalue weighted by molar-refractivity contribution is 6.07. The SMILES string of the molecule is CCCCn1c(N)c(N(CC(C)C)C(=O)c2ccc(OC)c(OC)c2)c(=O)[nH]c1=O. The highest BCUT2D eigenvalue weighted by atomic mass is 16.5. The van der Waals surface area contributed by atoms with Crippen LogP contribution < -0.4 is 31.4 Å². The first-order valence-corrected chi connectivity index (χ1v) is 9.91. The number of nitrogen functional groups attached to an aromatic ring is 1. The molecule has 0 spiro atoms. The number of carbonyl (C=O) groups is 1. The number of methoxy groups -OCH3 is 2. The smallest absolute Gasteiger partial charge is 0.330 e. The van der Waals surface area contributed by atoms with Crippen LogP contribution in [0.15, 0.2) is 27.8 Å². The Morgan fingerprint density at radius 1 is 1.20 bits per heavy atom. The number of aromatic nitrogens is 2. The van der Waals surface area contributed by atoms with E-state index in [4.69, 9.17) is 15.2 Å². The molecule has 9 nitrogen and oxygen atoms in total. The van der Waals surface area contributed by atoms with Crippen LogP contribution in [0.25, 0.3) is 0 Å². The van der Waals surface area contributed by atoms with Gasteiger partial charge in [0.25, 0.3) is 11.5 Å². The summed E-state index contributed by atoms with van der Waals surface area (Å²) in [5.74, 6) is 0.468. The molecule has 0 aliphatic rings. The molecule has 0 aliphatic carbocycles. The van der Waals surface area contributed by atoms with Gasteiger partial charge in [-0.25, -0.2) is 4.79 Å². The zero-order valence-corrected chi connectivity index (χ0v) is 18.2. The number of benzene rings is 1. The lowest BCUT2D eigenvalue weighted by atomic mass is 10.1. The van der Waals surface area contributed by atoms with E-state index in [0.29, 0.717) is 30.0 Å². The Morgan fingerprint density at radius 3 is 2.43 bits per heavy atom. The van der Waals surface area contributed by atoms with E-state index < -0.39 is 17.2 Å². The monoisotopic (exact) mass is 418 g/mol. The molecule has 0 saturated heterocycles. The maximum Gasteiger partial charge on any atom is 0.330 e. The minimum Gasteiger partial charge on any atom is -0.493 e. The number of ether oxygens (including phenoxy) is 2. The number of nitrogens with zero attached hydrogens (tertiary/aromatic N) is 2. The summed E-state index contributed by atoms with van der Waals surface area (Å²) in [6, 6.07) is 4.76. The van der Waals surface area contributed by atoms with Gasteiger partial charge in [-0.2, -0.15) is 0 Å². The van der Waals surface area contributed by atoms with Crippen LogP contribution in [-0.4, -0.2) is 36.2 Å². The van der Waals surface area contributed by atoms with Crippen molar-refractivity contribution in [3.05, 3.63) is 44.6 Å². The van der Waals surface area contributed by atoms with Gasteiger partial charge in [0.15, 0.2) is 17.2 Å². The Hall–Kier alpha value is -3.23. The van der Waals surface area contributed by atoms with Crippen LogP contribution in [0.1, 0.15) is 44.0 Å². The van der Waals surface area contributed by atoms with Gasteiger partial charge < -0.3 is 20.1 Å². The molecule has 0 fully saturated rings. The zero-order valence-electron chi connectivity index (χ0n) is 18.2. The van der Waals surface area contributed by atoms with Gasteiger partial charge in [-0.15, -0.1) is 0 Å². The first-order valence-electron chi connectivity index (χ1n) is 9.91. The number of anilines is 2. The second-order valence-electron chi connectivity index (χ2n) is 7.38. The Balaban J connectivity index is 2.62. The van der Waals surface area contributed by atoms with Crippen molar-refractivity contribution in [1.82, 2.24) is 9.55 Å². The summed E-state index contributed by atoms with van der Waals surface area (Å²) in [6.45, 7) is 6.43. The van der Waals surface area contributed by atoms with Crippen LogP contribution in [0.3, 0.4) is 0 Å². The number of amides is 1. The first kappa shape index (κ1) is 23.1. The van der Waals surface area contributed by atoms with Gasteiger partial charge in [-0.3, -0.25) is 19.1 Å². The highest BCUT2D eigenvalue weighted by Gasteiger charge is 2.26. The number of rotatable bonds is 9. The van der Waals surface area contributed by atoms with E-state index in [1.165, 1.54) is 23.7 Å². The lowest BCUT2D eigenvalue weighted by Gasteiger charge is -2.26. The number of aromatic amines is 1. The highest BCUT2D eigenvalue weighted by Crippen LogP contribution is 2.29. The van der Waals surface area contributed by atoms with Crippen molar-refractivity contribution in [2.24, 2.45) is 5.92 Å². The topological polar surface area (TPSA) is 120 Å². The number of nitrogens with two attached hydrogens (primary N) is 1. The Kier molecular flexibility index (Phi) is 7.68. The molecular weight excluding hydrogens is 388 g/mol. The maximum atomic E-state index is 13.4. The average molecular weight is 418 g/mol. The minimum atomic E-state index is -0.695. The number of hydrogen-bond acceptors (Lipinski definition) is 6. The van der Waals surface area contributed by atoms with Crippen LogP contribution in [0.5, 0.6) is 11.5 Å². The van der Waals surface area contributed by atoms with Crippen LogP contribution in [-0.2, 0) is 6.54 Å². The number of carbonyl (C=O) groups excluding carboxylic acids is 1. The van der Waals surface area contributed by atoms with E-state index >= 15 is 0 Å². The van der Waals surface area contributed by atoms with Crippen LogP contribution in [0.4, 0.5) is 11.5 Å². The first-order chi connectivity index (χ1) is 14.2. The van der Waals surface area contributed by atoms with Gasteiger partial charge in [0.2, 0.25) is 0 Å². The molecule has 9 heteroatoms. The molecule has 30 heavy (non-hydrogen) atoms. The van der Waals surface area contributed by atoms with Gasteiger partial charge in [-0.05, 0) is 30.5 Å². The molecule has 0 saturated carbocycles. The molecule has 164 valence electrons. The van der Waals surface area contributed by atoms with E-state index in [0.717, 1.165) is 6.42 Å². The fraction of sp³-hybridized carbons (Fsp3) is 0.476. The molecule has 2 aromatic rings. The molecule has 0 aliphatic heterocycles. The van der Waals surface area contributed by atoms with Crippen molar-refractivity contribution in [3.63, 3.8) is 0 Å². The van der Waals surface area contributed by atoms with E-state index in [1.54, 1.807) is 18.2 Å². The molecule has 0 atom stereocenters. The summed E-state index contributed by atoms with van der Waals surface area (Å²) >= 11 is 0. The third-order valence-corrected chi connectivity index (χ3v) is 4.64. The van der Waals surface area contributed by atoms with Crippen molar-refractivity contribution < 1.29 is 14.3 Å². The summed E-state index contributed by atoms with van der Waals surface area (Å²) in [7, 11) is 2.98. The van der Waals surface area contributed by atoms with E-state index in [1.807, 2.05) is 20.8 Å².